The zero-order valence-electron chi connectivity index (χ0n) is 18.4. The smallest absolute Gasteiger partial charge is 0.326 e. The van der Waals surface area contributed by atoms with Gasteiger partial charge in [-0.1, -0.05) is 34.1 Å². The van der Waals surface area contributed by atoms with E-state index in [1.54, 1.807) is 20.8 Å². The molecule has 0 aromatic carbocycles. The third-order valence-electron chi connectivity index (χ3n) is 4.92. The quantitative estimate of drug-likeness (QED) is 0.155. The molecule has 0 fully saturated rings. The van der Waals surface area contributed by atoms with Gasteiger partial charge in [-0.15, -0.1) is 0 Å². The Morgan fingerprint density at radius 2 is 1.42 bits per heavy atom. The molecule has 178 valence electrons. The van der Waals surface area contributed by atoms with Crippen molar-refractivity contribution < 1.29 is 34.2 Å². The van der Waals surface area contributed by atoms with Crippen LogP contribution in [0.3, 0.4) is 0 Å². The molecule has 9 N–H and O–H groups in total. The third kappa shape index (κ3) is 9.75. The minimum absolute atomic E-state index is 0.149. The second-order valence-corrected chi connectivity index (χ2v) is 7.79. The van der Waals surface area contributed by atoms with Gasteiger partial charge in [0.25, 0.3) is 0 Å². The van der Waals surface area contributed by atoms with Gasteiger partial charge in [0, 0.05) is 6.42 Å². The van der Waals surface area contributed by atoms with Gasteiger partial charge in [0.1, 0.15) is 18.1 Å². The van der Waals surface area contributed by atoms with Gasteiger partial charge in [0.05, 0.1) is 12.6 Å². The minimum Gasteiger partial charge on any atom is -0.480 e. The lowest BCUT2D eigenvalue weighted by molar-refractivity contribution is -0.143. The summed E-state index contributed by atoms with van der Waals surface area (Å²) >= 11 is 0. The summed E-state index contributed by atoms with van der Waals surface area (Å²) in [6.45, 7) is 5.97. The first-order valence-electron chi connectivity index (χ1n) is 10.1. The standard InChI is InChI=1S/C19H35N5O7/c1-5-10(4)14(21)18(29)22-11(6-7-13(20)26)16(27)23-12(8-25)17(28)24-15(9(2)3)19(30)31/h9-12,14-15,25H,5-8,21H2,1-4H3,(H2,20,26)(H,22,29)(H,23,27)(H,24,28)(H,30,31). The van der Waals surface area contributed by atoms with Crippen LogP contribution in [0.25, 0.3) is 0 Å². The number of hydrogen-bond donors (Lipinski definition) is 7. The van der Waals surface area contributed by atoms with Crippen LogP contribution in [0.5, 0.6) is 0 Å². The van der Waals surface area contributed by atoms with Crippen LogP contribution in [-0.4, -0.2) is 70.6 Å². The number of nitrogens with one attached hydrogen (secondary N) is 3. The zero-order chi connectivity index (χ0) is 24.3. The predicted octanol–water partition coefficient (Wildman–Crippen LogP) is -2.19. The number of aliphatic hydroxyl groups excluding tert-OH is 1. The normalized spacial score (nSPS) is 15.8. The number of nitrogens with two attached hydrogens (primary N) is 2. The zero-order valence-corrected chi connectivity index (χ0v) is 18.4. The van der Waals surface area contributed by atoms with E-state index in [1.807, 2.05) is 6.92 Å². The summed E-state index contributed by atoms with van der Waals surface area (Å²) in [6.07, 6.45) is 0.255. The Morgan fingerprint density at radius 1 is 0.903 bits per heavy atom. The number of carboxylic acids is 1. The first-order valence-corrected chi connectivity index (χ1v) is 10.1. The van der Waals surface area contributed by atoms with Gasteiger partial charge < -0.3 is 37.6 Å². The maximum absolute atomic E-state index is 12.7. The van der Waals surface area contributed by atoms with E-state index in [1.165, 1.54) is 0 Å². The predicted molar refractivity (Wildman–Crippen MR) is 111 cm³/mol. The summed E-state index contributed by atoms with van der Waals surface area (Å²) in [5, 5.41) is 25.6. The van der Waals surface area contributed by atoms with Crippen LogP contribution in [0.15, 0.2) is 0 Å². The van der Waals surface area contributed by atoms with Gasteiger partial charge in [-0.3, -0.25) is 19.2 Å². The van der Waals surface area contributed by atoms with E-state index < -0.39 is 66.3 Å². The molecule has 12 nitrogen and oxygen atoms in total. The van der Waals surface area contributed by atoms with E-state index in [2.05, 4.69) is 16.0 Å². The van der Waals surface area contributed by atoms with Crippen molar-refractivity contribution >= 4 is 29.6 Å². The molecular weight excluding hydrogens is 410 g/mol. The molecule has 0 rings (SSSR count). The Kier molecular flexibility index (Phi) is 12.4. The molecule has 12 heteroatoms. The molecule has 0 aliphatic rings. The maximum atomic E-state index is 12.7. The fraction of sp³-hybridized carbons (Fsp3) is 0.737. The van der Waals surface area contributed by atoms with E-state index in [0.29, 0.717) is 6.42 Å². The second kappa shape index (κ2) is 13.5. The summed E-state index contributed by atoms with van der Waals surface area (Å²) < 4.78 is 0. The largest absolute Gasteiger partial charge is 0.480 e. The molecule has 0 aliphatic heterocycles. The van der Waals surface area contributed by atoms with E-state index in [4.69, 9.17) is 11.5 Å². The molecular formula is C19H35N5O7. The fourth-order valence-electron chi connectivity index (χ4n) is 2.57. The summed E-state index contributed by atoms with van der Waals surface area (Å²) in [5.74, 6) is -4.95. The van der Waals surface area contributed by atoms with Crippen LogP contribution in [-0.2, 0) is 24.0 Å². The molecule has 0 spiro atoms. The number of carboxylic acid groups (broad SMARTS) is 1. The molecule has 31 heavy (non-hydrogen) atoms. The molecule has 4 amide bonds. The Balaban J connectivity index is 5.34. The first kappa shape index (κ1) is 28.3. The van der Waals surface area contributed by atoms with Crippen LogP contribution < -0.4 is 27.4 Å². The van der Waals surface area contributed by atoms with Crippen LogP contribution in [0.1, 0.15) is 47.0 Å². The number of primary amides is 1. The van der Waals surface area contributed by atoms with Gasteiger partial charge >= 0.3 is 5.97 Å². The Bertz CT molecular complexity index is 656. The van der Waals surface area contributed by atoms with Crippen molar-refractivity contribution in [1.29, 1.82) is 0 Å². The highest BCUT2D eigenvalue weighted by Crippen LogP contribution is 2.07. The van der Waals surface area contributed by atoms with Crippen LogP contribution in [0.2, 0.25) is 0 Å². The van der Waals surface area contributed by atoms with E-state index >= 15 is 0 Å². The monoisotopic (exact) mass is 445 g/mol. The number of rotatable bonds is 14. The van der Waals surface area contributed by atoms with Gasteiger partial charge in [-0.25, -0.2) is 4.79 Å². The third-order valence-corrected chi connectivity index (χ3v) is 4.92. The summed E-state index contributed by atoms with van der Waals surface area (Å²) in [4.78, 5) is 59.8. The molecule has 0 radical (unpaired) electrons. The SMILES string of the molecule is CCC(C)C(N)C(=O)NC(CCC(N)=O)C(=O)NC(CO)C(=O)NC(C(=O)O)C(C)C. The van der Waals surface area contributed by atoms with Crippen molar-refractivity contribution in [3.63, 3.8) is 0 Å². The number of hydrogen-bond acceptors (Lipinski definition) is 7. The van der Waals surface area contributed by atoms with Crippen molar-refractivity contribution in [1.82, 2.24) is 16.0 Å². The first-order chi connectivity index (χ1) is 14.3. The lowest BCUT2D eigenvalue weighted by atomic mass is 9.98. The van der Waals surface area contributed by atoms with Crippen molar-refractivity contribution in [2.75, 3.05) is 6.61 Å². The van der Waals surface area contributed by atoms with Crippen LogP contribution >= 0.6 is 0 Å². The lowest BCUT2D eigenvalue weighted by Crippen LogP contribution is -2.59. The van der Waals surface area contributed by atoms with Gasteiger partial charge in [0.2, 0.25) is 23.6 Å². The molecule has 0 aromatic rings. The van der Waals surface area contributed by atoms with Crippen molar-refractivity contribution in [2.24, 2.45) is 23.3 Å². The topological polar surface area (TPSA) is 214 Å². The maximum Gasteiger partial charge on any atom is 0.326 e. The summed E-state index contributed by atoms with van der Waals surface area (Å²) in [7, 11) is 0. The van der Waals surface area contributed by atoms with Crippen LogP contribution in [0, 0.1) is 11.8 Å². The van der Waals surface area contributed by atoms with E-state index in [9.17, 15) is 34.2 Å². The van der Waals surface area contributed by atoms with Crippen molar-refractivity contribution in [2.45, 2.75) is 71.1 Å². The molecule has 0 saturated heterocycles. The van der Waals surface area contributed by atoms with E-state index in [0.717, 1.165) is 0 Å². The molecule has 0 heterocycles. The number of aliphatic carboxylic acids is 1. The molecule has 0 bridgehead atoms. The molecule has 0 saturated carbocycles. The average molecular weight is 446 g/mol. The van der Waals surface area contributed by atoms with Gasteiger partial charge in [-0.05, 0) is 18.3 Å². The molecule has 0 aliphatic carbocycles. The van der Waals surface area contributed by atoms with Crippen LogP contribution in [0.4, 0.5) is 0 Å². The highest BCUT2D eigenvalue weighted by Gasteiger charge is 2.31. The highest BCUT2D eigenvalue weighted by atomic mass is 16.4. The Labute approximate surface area is 181 Å². The number of aliphatic hydroxyl groups is 1. The summed E-state index contributed by atoms with van der Waals surface area (Å²) in [5.41, 5.74) is 11.0. The second-order valence-electron chi connectivity index (χ2n) is 7.79. The Hall–Kier alpha value is -2.73. The summed E-state index contributed by atoms with van der Waals surface area (Å²) in [6, 6.07) is -4.83. The molecule has 0 aromatic heterocycles. The van der Waals surface area contributed by atoms with Gasteiger partial charge in [-0.2, -0.15) is 0 Å². The average Bonchev–Trinajstić information content (AvgIpc) is 2.70. The number of amides is 4. The highest BCUT2D eigenvalue weighted by molar-refractivity contribution is 5.94. The Morgan fingerprint density at radius 3 is 1.84 bits per heavy atom. The number of carbonyl (C=O) groups excluding carboxylic acids is 4. The van der Waals surface area contributed by atoms with Gasteiger partial charge in [0.15, 0.2) is 0 Å². The molecule has 5 unspecified atom stereocenters. The van der Waals surface area contributed by atoms with E-state index in [-0.39, 0.29) is 18.8 Å². The lowest BCUT2D eigenvalue weighted by Gasteiger charge is -2.25. The molecule has 5 atom stereocenters. The van der Waals surface area contributed by atoms with Crippen molar-refractivity contribution in [3.05, 3.63) is 0 Å². The fourth-order valence-corrected chi connectivity index (χ4v) is 2.57. The number of carbonyl (C=O) groups is 5. The van der Waals surface area contributed by atoms with Crippen molar-refractivity contribution in [3.8, 4) is 0 Å². The minimum atomic E-state index is -1.47.